The van der Waals surface area contributed by atoms with Crippen molar-refractivity contribution in [3.63, 3.8) is 0 Å². The molecular formula is C12H23N3O2. The van der Waals surface area contributed by atoms with Gasteiger partial charge >= 0.3 is 6.09 Å². The number of hydrogen-bond donors (Lipinski definition) is 2. The monoisotopic (exact) mass is 241 g/mol. The third kappa shape index (κ3) is 5.56. The number of carbonyl (C=O) groups is 1. The van der Waals surface area contributed by atoms with E-state index in [1.807, 2.05) is 20.8 Å². The lowest BCUT2D eigenvalue weighted by Gasteiger charge is -2.26. The van der Waals surface area contributed by atoms with E-state index in [4.69, 9.17) is 4.74 Å². The molecule has 0 radical (unpaired) electrons. The van der Waals surface area contributed by atoms with Crippen LogP contribution in [0.15, 0.2) is 5.10 Å². The van der Waals surface area contributed by atoms with Crippen LogP contribution in [-0.2, 0) is 4.74 Å². The Balaban J connectivity index is 2.41. The molecule has 1 aliphatic rings. The van der Waals surface area contributed by atoms with E-state index in [-0.39, 0.29) is 12.1 Å². The third-order valence-corrected chi connectivity index (χ3v) is 2.49. The van der Waals surface area contributed by atoms with E-state index in [9.17, 15) is 4.79 Å². The van der Waals surface area contributed by atoms with Crippen LogP contribution >= 0.6 is 0 Å². The zero-order valence-electron chi connectivity index (χ0n) is 11.2. The van der Waals surface area contributed by atoms with Crippen LogP contribution in [-0.4, -0.2) is 30.5 Å². The molecule has 0 aromatic heterocycles. The molecule has 0 aromatic rings. The second-order valence-electron chi connectivity index (χ2n) is 5.34. The van der Waals surface area contributed by atoms with Gasteiger partial charge in [-0.2, -0.15) is 5.10 Å². The third-order valence-electron chi connectivity index (χ3n) is 2.49. The van der Waals surface area contributed by atoms with Gasteiger partial charge in [0.15, 0.2) is 0 Å². The van der Waals surface area contributed by atoms with Crippen molar-refractivity contribution < 1.29 is 9.53 Å². The molecule has 0 spiro atoms. The van der Waals surface area contributed by atoms with Gasteiger partial charge in [0.2, 0.25) is 0 Å². The smallest absolute Gasteiger partial charge is 0.407 e. The topological polar surface area (TPSA) is 62.7 Å². The van der Waals surface area contributed by atoms with Gasteiger partial charge in [0, 0.05) is 25.2 Å². The van der Waals surface area contributed by atoms with Gasteiger partial charge in [-0.15, -0.1) is 0 Å². The van der Waals surface area contributed by atoms with Crippen molar-refractivity contribution in [2.45, 2.75) is 58.1 Å². The Morgan fingerprint density at radius 2 is 2.18 bits per heavy atom. The second-order valence-corrected chi connectivity index (χ2v) is 5.34. The predicted octanol–water partition coefficient (Wildman–Crippen LogP) is 2.03. The number of hydrogen-bond acceptors (Lipinski definition) is 4. The van der Waals surface area contributed by atoms with E-state index >= 15 is 0 Å². The minimum Gasteiger partial charge on any atom is -0.444 e. The average molecular weight is 241 g/mol. The first-order valence-electron chi connectivity index (χ1n) is 6.12. The molecule has 1 rings (SSSR count). The molecule has 0 heterocycles. The lowest BCUT2D eigenvalue weighted by molar-refractivity contribution is 0.0501. The van der Waals surface area contributed by atoms with Crippen molar-refractivity contribution in [2.75, 3.05) is 7.05 Å². The van der Waals surface area contributed by atoms with Crippen LogP contribution in [0, 0.1) is 0 Å². The zero-order valence-corrected chi connectivity index (χ0v) is 11.2. The number of nitrogens with zero attached hydrogens (tertiary/aromatic N) is 1. The maximum absolute atomic E-state index is 11.6. The molecule has 1 unspecified atom stereocenters. The van der Waals surface area contributed by atoms with Crippen LogP contribution in [0.5, 0.6) is 0 Å². The molecule has 1 fully saturated rings. The summed E-state index contributed by atoms with van der Waals surface area (Å²) in [7, 11) is 1.79. The SMILES string of the molecule is CN/N=C1\CCCC(NC(=O)OC(C)(C)C)C1. The van der Waals surface area contributed by atoms with Gasteiger partial charge in [-0.1, -0.05) is 0 Å². The summed E-state index contributed by atoms with van der Waals surface area (Å²) in [6.45, 7) is 5.59. The van der Waals surface area contributed by atoms with Gasteiger partial charge in [-0.05, 0) is 40.0 Å². The molecule has 1 amide bonds. The summed E-state index contributed by atoms with van der Waals surface area (Å²) in [6.07, 6.45) is 3.52. The first-order chi connectivity index (χ1) is 7.90. The normalized spacial score (nSPS) is 23.3. The Morgan fingerprint density at radius 1 is 1.47 bits per heavy atom. The Labute approximate surface area is 103 Å². The Kier molecular flexibility index (Phi) is 4.78. The molecule has 5 heteroatoms. The Hall–Kier alpha value is -1.26. The van der Waals surface area contributed by atoms with Crippen LogP contribution in [0.3, 0.4) is 0 Å². The first kappa shape index (κ1) is 13.8. The van der Waals surface area contributed by atoms with Crippen molar-refractivity contribution in [3.05, 3.63) is 0 Å². The highest BCUT2D eigenvalue weighted by Gasteiger charge is 2.23. The highest BCUT2D eigenvalue weighted by molar-refractivity contribution is 5.86. The van der Waals surface area contributed by atoms with E-state index in [0.29, 0.717) is 0 Å². The molecule has 0 saturated heterocycles. The van der Waals surface area contributed by atoms with Gasteiger partial charge in [0.1, 0.15) is 5.60 Å². The van der Waals surface area contributed by atoms with Gasteiger partial charge in [0.05, 0.1) is 0 Å². The highest BCUT2D eigenvalue weighted by atomic mass is 16.6. The molecule has 98 valence electrons. The number of nitrogens with one attached hydrogen (secondary N) is 2. The van der Waals surface area contributed by atoms with Gasteiger partial charge in [-0.3, -0.25) is 0 Å². The summed E-state index contributed by atoms with van der Waals surface area (Å²) in [5, 5.41) is 7.08. The second kappa shape index (κ2) is 5.89. The maximum Gasteiger partial charge on any atom is 0.407 e. The van der Waals surface area contributed by atoms with Crippen LogP contribution in [0.25, 0.3) is 0 Å². The molecule has 1 saturated carbocycles. The van der Waals surface area contributed by atoms with Crippen LogP contribution in [0.1, 0.15) is 46.5 Å². The molecule has 5 nitrogen and oxygen atoms in total. The molecule has 0 bridgehead atoms. The predicted molar refractivity (Wildman–Crippen MR) is 68.1 cm³/mol. The largest absolute Gasteiger partial charge is 0.444 e. The van der Waals surface area contributed by atoms with E-state index in [1.54, 1.807) is 7.05 Å². The van der Waals surface area contributed by atoms with E-state index < -0.39 is 5.60 Å². The van der Waals surface area contributed by atoms with Gasteiger partial charge in [-0.25, -0.2) is 4.79 Å². The summed E-state index contributed by atoms with van der Waals surface area (Å²) in [5.41, 5.74) is 3.46. The van der Waals surface area contributed by atoms with E-state index in [0.717, 1.165) is 31.4 Å². The quantitative estimate of drug-likeness (QED) is 0.727. The summed E-state index contributed by atoms with van der Waals surface area (Å²) in [4.78, 5) is 11.6. The zero-order chi connectivity index (χ0) is 12.9. The van der Waals surface area contributed by atoms with E-state index in [2.05, 4.69) is 15.8 Å². The van der Waals surface area contributed by atoms with Gasteiger partial charge in [0.25, 0.3) is 0 Å². The summed E-state index contributed by atoms with van der Waals surface area (Å²) in [6, 6.07) is 0.144. The highest BCUT2D eigenvalue weighted by Crippen LogP contribution is 2.16. The lowest BCUT2D eigenvalue weighted by Crippen LogP contribution is -2.41. The number of rotatable bonds is 2. The van der Waals surface area contributed by atoms with Gasteiger partial charge < -0.3 is 15.5 Å². The number of hydrazone groups is 1. The number of carbonyl (C=O) groups excluding carboxylic acids is 1. The fourth-order valence-electron chi connectivity index (χ4n) is 1.90. The van der Waals surface area contributed by atoms with E-state index in [1.165, 1.54) is 0 Å². The average Bonchev–Trinajstić information content (AvgIpc) is 2.15. The Bertz CT molecular complexity index is 295. The summed E-state index contributed by atoms with van der Waals surface area (Å²) in [5.74, 6) is 0. The molecular weight excluding hydrogens is 218 g/mol. The van der Waals surface area contributed by atoms with Crippen LogP contribution in [0.4, 0.5) is 4.79 Å². The molecule has 0 aliphatic heterocycles. The fourth-order valence-corrected chi connectivity index (χ4v) is 1.90. The van der Waals surface area contributed by atoms with Crippen molar-refractivity contribution in [1.82, 2.24) is 10.7 Å². The fraction of sp³-hybridized carbons (Fsp3) is 0.833. The molecule has 17 heavy (non-hydrogen) atoms. The number of amides is 1. The van der Waals surface area contributed by atoms with Crippen molar-refractivity contribution >= 4 is 11.8 Å². The van der Waals surface area contributed by atoms with Crippen LogP contribution in [0.2, 0.25) is 0 Å². The van der Waals surface area contributed by atoms with Crippen LogP contribution < -0.4 is 10.7 Å². The van der Waals surface area contributed by atoms with Crippen molar-refractivity contribution in [1.29, 1.82) is 0 Å². The lowest BCUT2D eigenvalue weighted by atomic mass is 9.94. The minimum absolute atomic E-state index is 0.144. The maximum atomic E-state index is 11.6. The summed E-state index contributed by atoms with van der Waals surface area (Å²) >= 11 is 0. The number of ether oxygens (including phenoxy) is 1. The number of alkyl carbamates (subject to hydrolysis) is 1. The standard InChI is InChI=1S/C12H23N3O2/c1-12(2,3)17-11(16)14-9-6-5-7-10(8-9)15-13-4/h9,13H,5-8H2,1-4H3,(H,14,16)/b15-10+. The Morgan fingerprint density at radius 3 is 2.76 bits per heavy atom. The van der Waals surface area contributed by atoms with Crippen molar-refractivity contribution in [3.8, 4) is 0 Å². The molecule has 2 N–H and O–H groups in total. The molecule has 0 aromatic carbocycles. The summed E-state index contributed by atoms with van der Waals surface area (Å²) < 4.78 is 5.23. The minimum atomic E-state index is -0.444. The van der Waals surface area contributed by atoms with Crippen molar-refractivity contribution in [2.24, 2.45) is 5.10 Å². The first-order valence-corrected chi connectivity index (χ1v) is 6.12. The molecule has 1 aliphatic carbocycles. The molecule has 1 atom stereocenters.